The fourth-order valence-electron chi connectivity index (χ4n) is 2.47. The van der Waals surface area contributed by atoms with Crippen LogP contribution in [0.5, 0.6) is 0 Å². The number of amides is 3. The van der Waals surface area contributed by atoms with Crippen LogP contribution in [0.1, 0.15) is 39.0 Å². The largest absolute Gasteiger partial charge is 0.335 e. The van der Waals surface area contributed by atoms with E-state index in [0.717, 1.165) is 30.6 Å². The molecule has 0 unspecified atom stereocenters. The van der Waals surface area contributed by atoms with Gasteiger partial charge in [0.05, 0.1) is 10.3 Å². The van der Waals surface area contributed by atoms with Crippen molar-refractivity contribution in [3.05, 3.63) is 29.3 Å². The molecule has 6 heteroatoms. The Hall–Kier alpha value is -1.20. The molecule has 120 valence electrons. The highest BCUT2D eigenvalue weighted by molar-refractivity contribution is 8.00. The fourth-order valence-corrected chi connectivity index (χ4v) is 3.62. The number of hydrogen-bond acceptors (Lipinski definition) is 3. The molecule has 0 aromatic heterocycles. The van der Waals surface area contributed by atoms with E-state index in [1.54, 1.807) is 13.0 Å². The van der Waals surface area contributed by atoms with Crippen molar-refractivity contribution in [2.45, 2.75) is 55.2 Å². The van der Waals surface area contributed by atoms with Crippen LogP contribution < -0.4 is 10.6 Å². The second-order valence-electron chi connectivity index (χ2n) is 5.49. The van der Waals surface area contributed by atoms with E-state index < -0.39 is 11.3 Å². The minimum Gasteiger partial charge on any atom is -0.335 e. The Morgan fingerprint density at radius 3 is 2.59 bits per heavy atom. The molecular formula is C16H21ClN2O2S. The molecule has 2 N–H and O–H groups in total. The Morgan fingerprint density at radius 2 is 1.91 bits per heavy atom. The first kappa shape index (κ1) is 17.2. The van der Waals surface area contributed by atoms with Gasteiger partial charge in [-0.15, -0.1) is 11.8 Å². The molecule has 1 aliphatic carbocycles. The second kappa shape index (κ2) is 8.44. The number of nitrogens with one attached hydrogen (secondary N) is 2. The number of benzene rings is 1. The minimum absolute atomic E-state index is 0.188. The van der Waals surface area contributed by atoms with Gasteiger partial charge in [0.25, 0.3) is 0 Å². The van der Waals surface area contributed by atoms with E-state index in [1.165, 1.54) is 18.2 Å². The van der Waals surface area contributed by atoms with Crippen molar-refractivity contribution in [3.8, 4) is 0 Å². The molecule has 1 saturated carbocycles. The van der Waals surface area contributed by atoms with E-state index in [4.69, 9.17) is 11.6 Å². The van der Waals surface area contributed by atoms with Crippen LogP contribution in [0.15, 0.2) is 29.2 Å². The van der Waals surface area contributed by atoms with Crippen LogP contribution in [0, 0.1) is 0 Å². The van der Waals surface area contributed by atoms with E-state index in [-0.39, 0.29) is 11.9 Å². The minimum atomic E-state index is -0.400. The molecule has 1 atom stereocenters. The molecule has 0 aliphatic heterocycles. The monoisotopic (exact) mass is 340 g/mol. The van der Waals surface area contributed by atoms with Crippen LogP contribution in [0.25, 0.3) is 0 Å². The van der Waals surface area contributed by atoms with Gasteiger partial charge in [0.2, 0.25) is 5.91 Å². The lowest BCUT2D eigenvalue weighted by Gasteiger charge is -2.23. The molecule has 3 amide bonds. The number of thioether (sulfide) groups is 1. The topological polar surface area (TPSA) is 58.2 Å². The smallest absolute Gasteiger partial charge is 0.321 e. The first-order valence-electron chi connectivity index (χ1n) is 7.59. The van der Waals surface area contributed by atoms with Gasteiger partial charge in [0, 0.05) is 10.9 Å². The quantitative estimate of drug-likeness (QED) is 0.815. The summed E-state index contributed by atoms with van der Waals surface area (Å²) >= 11 is 7.42. The number of halogens is 1. The van der Waals surface area contributed by atoms with Crippen molar-refractivity contribution >= 4 is 35.3 Å². The molecule has 0 spiro atoms. The van der Waals surface area contributed by atoms with E-state index >= 15 is 0 Å². The zero-order chi connectivity index (χ0) is 15.9. The molecule has 1 aromatic rings. The molecule has 22 heavy (non-hydrogen) atoms. The molecule has 1 fully saturated rings. The van der Waals surface area contributed by atoms with E-state index in [9.17, 15) is 9.59 Å². The summed E-state index contributed by atoms with van der Waals surface area (Å²) < 4.78 is 0. The number of imide groups is 1. The van der Waals surface area contributed by atoms with Gasteiger partial charge in [-0.2, -0.15) is 0 Å². The van der Waals surface area contributed by atoms with Crippen LogP contribution >= 0.6 is 23.4 Å². The summed E-state index contributed by atoms with van der Waals surface area (Å²) in [5, 5.41) is 5.51. The van der Waals surface area contributed by atoms with Crippen LogP contribution in [-0.4, -0.2) is 23.2 Å². The standard InChI is InChI=1S/C16H21ClN2O2S/c1-11(22-14-10-6-5-9-13(14)17)15(20)19-16(21)18-12-7-3-2-4-8-12/h5-6,9-12H,2-4,7-8H2,1H3,(H2,18,19,20,21)/t11-/m0/s1. The number of hydrogen-bond donors (Lipinski definition) is 2. The van der Waals surface area contributed by atoms with Crippen molar-refractivity contribution in [3.63, 3.8) is 0 Å². The summed E-state index contributed by atoms with van der Waals surface area (Å²) in [6.45, 7) is 1.76. The maximum absolute atomic E-state index is 12.1. The third-order valence-corrected chi connectivity index (χ3v) is 5.31. The Labute approximate surface area is 140 Å². The number of urea groups is 1. The first-order valence-corrected chi connectivity index (χ1v) is 8.84. The lowest BCUT2D eigenvalue weighted by atomic mass is 9.96. The zero-order valence-electron chi connectivity index (χ0n) is 12.6. The molecule has 0 radical (unpaired) electrons. The van der Waals surface area contributed by atoms with E-state index in [2.05, 4.69) is 10.6 Å². The molecule has 0 heterocycles. The predicted octanol–water partition coefficient (Wildman–Crippen LogP) is 3.98. The SMILES string of the molecule is C[C@H](Sc1ccccc1Cl)C(=O)NC(=O)NC1CCCCC1. The molecular weight excluding hydrogens is 320 g/mol. The molecule has 4 nitrogen and oxygen atoms in total. The first-order chi connectivity index (χ1) is 10.6. The molecule has 0 bridgehead atoms. The van der Waals surface area contributed by atoms with Gasteiger partial charge in [0.1, 0.15) is 0 Å². The van der Waals surface area contributed by atoms with Crippen molar-refractivity contribution < 1.29 is 9.59 Å². The van der Waals surface area contributed by atoms with Crippen molar-refractivity contribution in [1.82, 2.24) is 10.6 Å². The Balaban J connectivity index is 1.80. The van der Waals surface area contributed by atoms with Crippen LogP contribution in [0.4, 0.5) is 4.79 Å². The average molecular weight is 341 g/mol. The van der Waals surface area contributed by atoms with E-state index in [1.807, 2.05) is 18.2 Å². The second-order valence-corrected chi connectivity index (χ2v) is 7.28. The molecule has 1 aromatic carbocycles. The Bertz CT molecular complexity index is 533. The van der Waals surface area contributed by atoms with Gasteiger partial charge in [-0.3, -0.25) is 10.1 Å². The fraction of sp³-hybridized carbons (Fsp3) is 0.500. The maximum atomic E-state index is 12.1. The third kappa shape index (κ3) is 5.21. The van der Waals surface area contributed by atoms with Crippen molar-refractivity contribution in [2.75, 3.05) is 0 Å². The number of carbonyl (C=O) groups is 2. The Morgan fingerprint density at radius 1 is 1.23 bits per heavy atom. The maximum Gasteiger partial charge on any atom is 0.321 e. The summed E-state index contributed by atoms with van der Waals surface area (Å²) in [6.07, 6.45) is 5.48. The van der Waals surface area contributed by atoms with Crippen LogP contribution in [-0.2, 0) is 4.79 Å². The average Bonchev–Trinajstić information content (AvgIpc) is 2.50. The van der Waals surface area contributed by atoms with Crippen molar-refractivity contribution in [2.24, 2.45) is 0 Å². The highest BCUT2D eigenvalue weighted by atomic mass is 35.5. The van der Waals surface area contributed by atoms with Gasteiger partial charge in [0.15, 0.2) is 0 Å². The lowest BCUT2D eigenvalue weighted by molar-refractivity contribution is -0.119. The summed E-state index contributed by atoms with van der Waals surface area (Å²) in [5.74, 6) is -0.307. The zero-order valence-corrected chi connectivity index (χ0v) is 14.2. The highest BCUT2D eigenvalue weighted by Gasteiger charge is 2.20. The van der Waals surface area contributed by atoms with Gasteiger partial charge in [-0.25, -0.2) is 4.79 Å². The summed E-state index contributed by atoms with van der Waals surface area (Å²) in [6, 6.07) is 7.14. The van der Waals surface area contributed by atoms with Crippen LogP contribution in [0.2, 0.25) is 5.02 Å². The number of carbonyl (C=O) groups excluding carboxylic acids is 2. The summed E-state index contributed by atoms with van der Waals surface area (Å²) in [7, 11) is 0. The van der Waals surface area contributed by atoms with E-state index in [0.29, 0.717) is 5.02 Å². The number of rotatable bonds is 4. The lowest BCUT2D eigenvalue weighted by Crippen LogP contribution is -2.47. The summed E-state index contributed by atoms with van der Waals surface area (Å²) in [5.41, 5.74) is 0. The predicted molar refractivity (Wildman–Crippen MR) is 90.3 cm³/mol. The summed E-state index contributed by atoms with van der Waals surface area (Å²) in [4.78, 5) is 24.8. The highest BCUT2D eigenvalue weighted by Crippen LogP contribution is 2.29. The van der Waals surface area contributed by atoms with Gasteiger partial charge in [-0.1, -0.05) is 43.0 Å². The van der Waals surface area contributed by atoms with Crippen LogP contribution in [0.3, 0.4) is 0 Å². The third-order valence-electron chi connectivity index (χ3n) is 3.69. The van der Waals surface area contributed by atoms with Crippen molar-refractivity contribution in [1.29, 1.82) is 0 Å². The van der Waals surface area contributed by atoms with Gasteiger partial charge >= 0.3 is 6.03 Å². The van der Waals surface area contributed by atoms with Gasteiger partial charge in [-0.05, 0) is 31.9 Å². The van der Waals surface area contributed by atoms with Gasteiger partial charge < -0.3 is 5.32 Å². The Kier molecular flexibility index (Phi) is 6.58. The molecule has 0 saturated heterocycles. The molecule has 1 aliphatic rings. The molecule has 2 rings (SSSR count). The normalized spacial score (nSPS) is 16.8.